The lowest BCUT2D eigenvalue weighted by atomic mass is 10.2. The molecule has 3 aromatic heterocycles. The van der Waals surface area contributed by atoms with Crippen LogP contribution in [0.15, 0.2) is 95.8 Å². The van der Waals surface area contributed by atoms with Gasteiger partial charge in [-0.15, -0.1) is 0 Å². The highest BCUT2D eigenvalue weighted by Crippen LogP contribution is 2.26. The maximum atomic E-state index is 12.5. The van der Waals surface area contributed by atoms with Crippen molar-refractivity contribution in [2.75, 3.05) is 0 Å². The van der Waals surface area contributed by atoms with Gasteiger partial charge in [0.05, 0.1) is 5.56 Å². The van der Waals surface area contributed by atoms with Crippen LogP contribution in [-0.4, -0.2) is 20.5 Å². The smallest absolute Gasteiger partial charge is 0.343 e. The molecule has 0 unspecified atom stereocenters. The van der Waals surface area contributed by atoms with Gasteiger partial charge in [-0.3, -0.25) is 4.98 Å². The minimum absolute atomic E-state index is 0.390. The van der Waals surface area contributed by atoms with Crippen molar-refractivity contribution in [2.24, 2.45) is 0 Å². The molecule has 0 aliphatic rings. The number of carbonyl (C=O) groups excluding carboxylic acids is 1. The van der Waals surface area contributed by atoms with E-state index in [2.05, 4.69) is 9.97 Å². The van der Waals surface area contributed by atoms with Crippen molar-refractivity contribution >= 4 is 17.1 Å². The van der Waals surface area contributed by atoms with Gasteiger partial charge in [-0.2, -0.15) is 0 Å². The molecule has 140 valence electrons. The van der Waals surface area contributed by atoms with Crippen molar-refractivity contribution in [1.82, 2.24) is 14.5 Å². The van der Waals surface area contributed by atoms with E-state index < -0.39 is 5.97 Å². The number of hydrogen-bond donors (Lipinski definition) is 0. The van der Waals surface area contributed by atoms with Crippen LogP contribution in [0.3, 0.4) is 0 Å². The zero-order valence-corrected chi connectivity index (χ0v) is 15.2. The lowest BCUT2D eigenvalue weighted by Gasteiger charge is -2.06. The third kappa shape index (κ3) is 3.39. The fraction of sp³-hybridized carbons (Fsp3) is 0. The monoisotopic (exact) mass is 381 g/mol. The number of nitrogens with zero attached hydrogens (tertiary/aromatic N) is 3. The van der Waals surface area contributed by atoms with E-state index in [4.69, 9.17) is 9.15 Å². The first-order valence-electron chi connectivity index (χ1n) is 9.04. The van der Waals surface area contributed by atoms with Gasteiger partial charge in [0.15, 0.2) is 5.58 Å². The van der Waals surface area contributed by atoms with Crippen LogP contribution >= 0.6 is 0 Å². The molecule has 0 amide bonds. The maximum absolute atomic E-state index is 12.5. The number of ether oxygens (including phenoxy) is 1. The molecular weight excluding hydrogens is 366 g/mol. The summed E-state index contributed by atoms with van der Waals surface area (Å²) < 4.78 is 13.2. The predicted molar refractivity (Wildman–Crippen MR) is 108 cm³/mol. The molecule has 5 rings (SSSR count). The summed E-state index contributed by atoms with van der Waals surface area (Å²) in [5, 5.41) is 0. The van der Waals surface area contributed by atoms with Gasteiger partial charge in [0.2, 0.25) is 5.89 Å². The van der Waals surface area contributed by atoms with Gasteiger partial charge in [0.1, 0.15) is 17.0 Å². The maximum Gasteiger partial charge on any atom is 0.343 e. The first-order valence-corrected chi connectivity index (χ1v) is 9.04. The Morgan fingerprint density at radius 3 is 2.52 bits per heavy atom. The van der Waals surface area contributed by atoms with E-state index in [1.54, 1.807) is 36.5 Å². The first-order chi connectivity index (χ1) is 14.3. The summed E-state index contributed by atoms with van der Waals surface area (Å²) in [6, 6.07) is 21.7. The molecule has 0 saturated heterocycles. The Morgan fingerprint density at radius 2 is 1.76 bits per heavy atom. The lowest BCUT2D eigenvalue weighted by molar-refractivity contribution is 0.0735. The van der Waals surface area contributed by atoms with Crippen LogP contribution in [0, 0.1) is 0 Å². The molecule has 0 saturated carbocycles. The number of benzene rings is 2. The van der Waals surface area contributed by atoms with E-state index >= 15 is 0 Å². The predicted octanol–water partition coefficient (Wildman–Crippen LogP) is 4.90. The average Bonchev–Trinajstić information content (AvgIpc) is 3.44. The van der Waals surface area contributed by atoms with Crippen molar-refractivity contribution in [3.8, 4) is 23.0 Å². The fourth-order valence-electron chi connectivity index (χ4n) is 3.01. The minimum Gasteiger partial charge on any atom is -0.435 e. The second-order valence-corrected chi connectivity index (χ2v) is 6.39. The number of rotatable bonds is 4. The SMILES string of the molecule is O=C(Oc1ccc2nc(-c3ccccn3)oc2c1)c1ccc(-n2cccc2)cc1. The number of carbonyl (C=O) groups is 1. The Bertz CT molecular complexity index is 1270. The third-order valence-corrected chi connectivity index (χ3v) is 4.46. The molecule has 6 nitrogen and oxygen atoms in total. The van der Waals surface area contributed by atoms with E-state index in [-0.39, 0.29) is 0 Å². The van der Waals surface area contributed by atoms with Crippen LogP contribution in [0.5, 0.6) is 5.75 Å². The van der Waals surface area contributed by atoms with Crippen LogP contribution in [-0.2, 0) is 0 Å². The summed E-state index contributed by atoms with van der Waals surface area (Å²) in [5.74, 6) is 0.373. The zero-order chi connectivity index (χ0) is 19.6. The van der Waals surface area contributed by atoms with Gasteiger partial charge in [-0.25, -0.2) is 9.78 Å². The molecule has 0 aliphatic carbocycles. The Hall–Kier alpha value is -4.19. The molecule has 0 radical (unpaired) electrons. The molecule has 3 heterocycles. The van der Waals surface area contributed by atoms with Gasteiger partial charge in [0.25, 0.3) is 0 Å². The summed E-state index contributed by atoms with van der Waals surface area (Å²) in [4.78, 5) is 21.1. The molecule has 5 aromatic rings. The van der Waals surface area contributed by atoms with Crippen LogP contribution < -0.4 is 4.74 Å². The zero-order valence-electron chi connectivity index (χ0n) is 15.2. The molecule has 0 atom stereocenters. The first kappa shape index (κ1) is 16.9. The topological polar surface area (TPSA) is 70.2 Å². The van der Waals surface area contributed by atoms with E-state index in [9.17, 15) is 4.79 Å². The van der Waals surface area contributed by atoms with Gasteiger partial charge in [0, 0.05) is 30.3 Å². The Balaban J connectivity index is 1.36. The average molecular weight is 381 g/mol. The largest absolute Gasteiger partial charge is 0.435 e. The summed E-state index contributed by atoms with van der Waals surface area (Å²) >= 11 is 0. The summed E-state index contributed by atoms with van der Waals surface area (Å²) in [7, 11) is 0. The van der Waals surface area contributed by atoms with Crippen molar-refractivity contribution < 1.29 is 13.9 Å². The number of aromatic nitrogens is 3. The van der Waals surface area contributed by atoms with Crippen molar-refractivity contribution in [2.45, 2.75) is 0 Å². The summed E-state index contributed by atoms with van der Waals surface area (Å²) in [6.45, 7) is 0. The fourth-order valence-corrected chi connectivity index (χ4v) is 3.01. The molecule has 0 spiro atoms. The van der Waals surface area contributed by atoms with Gasteiger partial charge in [-0.05, 0) is 60.7 Å². The second kappa shape index (κ2) is 7.09. The highest BCUT2D eigenvalue weighted by molar-refractivity contribution is 5.91. The summed E-state index contributed by atoms with van der Waals surface area (Å²) in [5.41, 5.74) is 3.27. The quantitative estimate of drug-likeness (QED) is 0.327. The van der Waals surface area contributed by atoms with Crippen LogP contribution in [0.25, 0.3) is 28.4 Å². The molecule has 6 heteroatoms. The van der Waals surface area contributed by atoms with E-state index in [1.807, 2.05) is 59.4 Å². The number of hydrogen-bond acceptors (Lipinski definition) is 5. The number of esters is 1. The molecule has 0 aliphatic heterocycles. The van der Waals surface area contributed by atoms with Gasteiger partial charge in [-0.1, -0.05) is 6.07 Å². The van der Waals surface area contributed by atoms with Gasteiger partial charge < -0.3 is 13.7 Å². The van der Waals surface area contributed by atoms with Gasteiger partial charge >= 0.3 is 5.97 Å². The van der Waals surface area contributed by atoms with Crippen molar-refractivity contribution in [1.29, 1.82) is 0 Å². The molecular formula is C23H15N3O3. The number of pyridine rings is 1. The normalized spacial score (nSPS) is 10.9. The van der Waals surface area contributed by atoms with E-state index in [0.717, 1.165) is 5.69 Å². The van der Waals surface area contributed by atoms with E-state index in [0.29, 0.717) is 34.0 Å². The Labute approximate surface area is 166 Å². The van der Waals surface area contributed by atoms with Crippen molar-refractivity contribution in [3.63, 3.8) is 0 Å². The highest BCUT2D eigenvalue weighted by atomic mass is 16.5. The third-order valence-electron chi connectivity index (χ3n) is 4.46. The molecule has 0 N–H and O–H groups in total. The van der Waals surface area contributed by atoms with Crippen LogP contribution in [0.2, 0.25) is 0 Å². The summed E-state index contributed by atoms with van der Waals surface area (Å²) in [6.07, 6.45) is 5.57. The Morgan fingerprint density at radius 1 is 0.931 bits per heavy atom. The molecule has 0 bridgehead atoms. The van der Waals surface area contributed by atoms with E-state index in [1.165, 1.54) is 0 Å². The van der Waals surface area contributed by atoms with Crippen LogP contribution in [0.1, 0.15) is 10.4 Å². The second-order valence-electron chi connectivity index (χ2n) is 6.39. The Kier molecular flexibility index (Phi) is 4.14. The van der Waals surface area contributed by atoms with Crippen LogP contribution in [0.4, 0.5) is 0 Å². The highest BCUT2D eigenvalue weighted by Gasteiger charge is 2.13. The number of fused-ring (bicyclic) bond motifs is 1. The molecule has 0 fully saturated rings. The van der Waals surface area contributed by atoms with Crippen molar-refractivity contribution in [3.05, 3.63) is 97.0 Å². The number of oxazole rings is 1. The molecule has 2 aromatic carbocycles. The molecule has 29 heavy (non-hydrogen) atoms. The minimum atomic E-state index is -0.437. The lowest BCUT2D eigenvalue weighted by Crippen LogP contribution is -2.08. The standard InChI is InChI=1S/C23H15N3O3/c27-23(16-6-8-17(9-7-16)26-13-3-4-14-26)28-18-10-11-19-21(15-18)29-22(25-19)20-5-1-2-12-24-20/h1-15H.